The molecular weight excluding hydrogens is 358 g/mol. The third-order valence-electron chi connectivity index (χ3n) is 4.41. The molecule has 2 heterocycles. The number of rotatable bonds is 8. The van der Waals surface area contributed by atoms with Crippen molar-refractivity contribution in [2.45, 2.75) is 39.3 Å². The molecule has 3 N–H and O–H groups in total. The largest absolute Gasteiger partial charge is 0.368 e. The van der Waals surface area contributed by atoms with Gasteiger partial charge in [-0.3, -0.25) is 14.3 Å². The molecule has 0 saturated heterocycles. The number of benzene rings is 1. The summed E-state index contributed by atoms with van der Waals surface area (Å²) in [5.74, 6) is -0.0554. The van der Waals surface area contributed by atoms with E-state index in [4.69, 9.17) is 10.3 Å². The Morgan fingerprint density at radius 1 is 1.29 bits per heavy atom. The Kier molecular flexibility index (Phi) is 5.88. The number of aromatic nitrogens is 3. The van der Waals surface area contributed by atoms with Gasteiger partial charge >= 0.3 is 0 Å². The Bertz CT molecular complexity index is 976. The maximum absolute atomic E-state index is 12.5. The highest BCUT2D eigenvalue weighted by molar-refractivity contribution is 5.95. The standard InChI is InChI=1S/C20H23N5O3/c1-3-5-17-9-18(28-24-17)11-22-20(27)15-7-4-6-14(8-15)16-10-23-25(12-16)13(2)19(21)26/h4,6-10,12-13H,3,5,11H2,1-2H3,(H2,21,26)(H,22,27). The van der Waals surface area contributed by atoms with Crippen molar-refractivity contribution in [2.24, 2.45) is 5.73 Å². The van der Waals surface area contributed by atoms with Crippen LogP contribution in [0.15, 0.2) is 47.2 Å². The SMILES string of the molecule is CCCc1cc(CNC(=O)c2cccc(-c3cnn(C(C)C(N)=O)c3)c2)on1. The van der Waals surface area contributed by atoms with Crippen LogP contribution < -0.4 is 11.1 Å². The van der Waals surface area contributed by atoms with E-state index in [1.807, 2.05) is 12.1 Å². The maximum atomic E-state index is 12.5. The second kappa shape index (κ2) is 8.51. The van der Waals surface area contributed by atoms with Crippen LogP contribution in [-0.2, 0) is 17.8 Å². The van der Waals surface area contributed by atoms with Crippen molar-refractivity contribution in [3.63, 3.8) is 0 Å². The van der Waals surface area contributed by atoms with Crippen molar-refractivity contribution >= 4 is 11.8 Å². The van der Waals surface area contributed by atoms with E-state index >= 15 is 0 Å². The Morgan fingerprint density at radius 3 is 2.86 bits per heavy atom. The van der Waals surface area contributed by atoms with Crippen LogP contribution in [0.4, 0.5) is 0 Å². The highest BCUT2D eigenvalue weighted by Gasteiger charge is 2.14. The van der Waals surface area contributed by atoms with Gasteiger partial charge in [-0.25, -0.2) is 0 Å². The van der Waals surface area contributed by atoms with Gasteiger partial charge in [-0.2, -0.15) is 5.10 Å². The fourth-order valence-corrected chi connectivity index (χ4v) is 2.75. The van der Waals surface area contributed by atoms with Crippen LogP contribution in [0.25, 0.3) is 11.1 Å². The van der Waals surface area contributed by atoms with E-state index < -0.39 is 11.9 Å². The van der Waals surface area contributed by atoms with Gasteiger partial charge in [0.1, 0.15) is 6.04 Å². The van der Waals surface area contributed by atoms with E-state index in [1.165, 1.54) is 4.68 Å². The maximum Gasteiger partial charge on any atom is 0.251 e. The molecule has 0 aliphatic heterocycles. The first-order valence-electron chi connectivity index (χ1n) is 9.14. The fourth-order valence-electron chi connectivity index (χ4n) is 2.75. The van der Waals surface area contributed by atoms with Gasteiger partial charge in [0.05, 0.1) is 18.4 Å². The molecule has 3 aromatic rings. The monoisotopic (exact) mass is 381 g/mol. The number of aryl methyl sites for hydroxylation is 1. The van der Waals surface area contributed by atoms with Crippen molar-refractivity contribution in [3.05, 3.63) is 59.7 Å². The predicted molar refractivity (Wildman–Crippen MR) is 103 cm³/mol. The fraction of sp³-hybridized carbons (Fsp3) is 0.300. The van der Waals surface area contributed by atoms with Crippen LogP contribution >= 0.6 is 0 Å². The van der Waals surface area contributed by atoms with Crippen LogP contribution in [0.1, 0.15) is 48.1 Å². The van der Waals surface area contributed by atoms with Crippen LogP contribution in [0.5, 0.6) is 0 Å². The third kappa shape index (κ3) is 4.46. The Labute approximate surface area is 162 Å². The lowest BCUT2D eigenvalue weighted by Gasteiger charge is -2.07. The first-order chi connectivity index (χ1) is 13.5. The number of primary amides is 1. The first kappa shape index (κ1) is 19.3. The number of carbonyl (C=O) groups is 2. The van der Waals surface area contributed by atoms with E-state index in [-0.39, 0.29) is 12.5 Å². The van der Waals surface area contributed by atoms with Gasteiger partial charge in [0, 0.05) is 23.4 Å². The van der Waals surface area contributed by atoms with Crippen molar-refractivity contribution in [2.75, 3.05) is 0 Å². The Balaban J connectivity index is 1.68. The summed E-state index contributed by atoms with van der Waals surface area (Å²) in [6, 6.07) is 8.49. The zero-order chi connectivity index (χ0) is 20.1. The molecule has 2 amide bonds. The summed E-state index contributed by atoms with van der Waals surface area (Å²) in [5.41, 5.74) is 8.33. The van der Waals surface area contributed by atoms with E-state index in [2.05, 4.69) is 22.5 Å². The summed E-state index contributed by atoms with van der Waals surface area (Å²) in [4.78, 5) is 23.8. The van der Waals surface area contributed by atoms with E-state index in [9.17, 15) is 9.59 Å². The third-order valence-corrected chi connectivity index (χ3v) is 4.41. The number of amides is 2. The molecule has 0 spiro atoms. The lowest BCUT2D eigenvalue weighted by atomic mass is 10.1. The molecule has 1 atom stereocenters. The topological polar surface area (TPSA) is 116 Å². The predicted octanol–water partition coefficient (Wildman–Crippen LogP) is 2.47. The average Bonchev–Trinajstić information content (AvgIpc) is 3.35. The van der Waals surface area contributed by atoms with E-state index in [0.29, 0.717) is 11.3 Å². The molecule has 0 aliphatic rings. The number of nitrogens with one attached hydrogen (secondary N) is 1. The quantitative estimate of drug-likeness (QED) is 0.622. The number of nitrogens with zero attached hydrogens (tertiary/aromatic N) is 3. The van der Waals surface area contributed by atoms with E-state index in [0.717, 1.165) is 29.7 Å². The molecule has 0 aliphatic carbocycles. The molecule has 2 aromatic heterocycles. The molecule has 0 fully saturated rings. The molecule has 8 heteroatoms. The number of carbonyl (C=O) groups excluding carboxylic acids is 2. The molecule has 146 valence electrons. The summed E-state index contributed by atoms with van der Waals surface area (Å²) < 4.78 is 6.73. The van der Waals surface area contributed by atoms with Crippen LogP contribution in [0.2, 0.25) is 0 Å². The second-order valence-corrected chi connectivity index (χ2v) is 6.59. The highest BCUT2D eigenvalue weighted by atomic mass is 16.5. The van der Waals surface area contributed by atoms with Crippen LogP contribution in [-0.4, -0.2) is 26.8 Å². The molecule has 0 radical (unpaired) electrons. The molecule has 3 rings (SSSR count). The molecule has 0 bridgehead atoms. The van der Waals surface area contributed by atoms with Crippen LogP contribution in [0, 0.1) is 0 Å². The van der Waals surface area contributed by atoms with Gasteiger partial charge in [-0.15, -0.1) is 0 Å². The normalized spacial score (nSPS) is 11.9. The van der Waals surface area contributed by atoms with Gasteiger partial charge < -0.3 is 15.6 Å². The van der Waals surface area contributed by atoms with E-state index in [1.54, 1.807) is 37.5 Å². The van der Waals surface area contributed by atoms with Gasteiger partial charge in [0.15, 0.2) is 5.76 Å². The molecule has 8 nitrogen and oxygen atoms in total. The lowest BCUT2D eigenvalue weighted by Crippen LogP contribution is -2.24. The summed E-state index contributed by atoms with van der Waals surface area (Å²) in [5, 5.41) is 11.0. The zero-order valence-corrected chi connectivity index (χ0v) is 15.9. The Morgan fingerprint density at radius 2 is 2.11 bits per heavy atom. The Hall–Kier alpha value is -3.42. The van der Waals surface area contributed by atoms with Gasteiger partial charge in [-0.1, -0.05) is 30.6 Å². The molecule has 1 aromatic carbocycles. The molecular formula is C20H23N5O3. The zero-order valence-electron chi connectivity index (χ0n) is 15.9. The summed E-state index contributed by atoms with van der Waals surface area (Å²) in [7, 11) is 0. The minimum Gasteiger partial charge on any atom is -0.368 e. The van der Waals surface area contributed by atoms with Gasteiger partial charge in [0.25, 0.3) is 5.91 Å². The van der Waals surface area contributed by atoms with Crippen molar-refractivity contribution < 1.29 is 14.1 Å². The molecule has 1 unspecified atom stereocenters. The average molecular weight is 381 g/mol. The summed E-state index contributed by atoms with van der Waals surface area (Å²) >= 11 is 0. The lowest BCUT2D eigenvalue weighted by molar-refractivity contribution is -0.120. The van der Waals surface area contributed by atoms with Crippen LogP contribution in [0.3, 0.4) is 0 Å². The van der Waals surface area contributed by atoms with Crippen molar-refractivity contribution in [1.82, 2.24) is 20.3 Å². The van der Waals surface area contributed by atoms with Gasteiger partial charge in [-0.05, 0) is 31.0 Å². The second-order valence-electron chi connectivity index (χ2n) is 6.59. The number of hydrogen-bond donors (Lipinski definition) is 2. The minimum absolute atomic E-state index is 0.215. The van der Waals surface area contributed by atoms with Crippen molar-refractivity contribution in [1.29, 1.82) is 0 Å². The number of hydrogen-bond acceptors (Lipinski definition) is 5. The first-order valence-corrected chi connectivity index (χ1v) is 9.14. The van der Waals surface area contributed by atoms with Gasteiger partial charge in [0.2, 0.25) is 5.91 Å². The molecule has 28 heavy (non-hydrogen) atoms. The smallest absolute Gasteiger partial charge is 0.251 e. The summed E-state index contributed by atoms with van der Waals surface area (Å²) in [6.45, 7) is 4.02. The highest BCUT2D eigenvalue weighted by Crippen LogP contribution is 2.21. The van der Waals surface area contributed by atoms with Crippen molar-refractivity contribution in [3.8, 4) is 11.1 Å². The molecule has 0 saturated carbocycles. The number of nitrogens with two attached hydrogens (primary N) is 1. The summed E-state index contributed by atoms with van der Waals surface area (Å²) in [6.07, 6.45) is 5.21. The minimum atomic E-state index is -0.542.